The minimum Gasteiger partial charge on any atom is -0.256 e. The minimum absolute atomic E-state index is 0.0960. The molecular weight excluding hydrogens is 189 g/mol. The molecule has 3 rings (SSSR count). The first-order valence-electron chi connectivity index (χ1n) is 5.30. The maximum absolute atomic E-state index is 13.7. The van der Waals surface area contributed by atoms with E-state index >= 15 is 0 Å². The van der Waals surface area contributed by atoms with Crippen LogP contribution in [0.4, 0.5) is 4.39 Å². The third-order valence-corrected chi connectivity index (χ3v) is 2.96. The zero-order valence-electron chi connectivity index (χ0n) is 8.63. The number of aromatic nitrogens is 1. The van der Waals surface area contributed by atoms with Crippen molar-refractivity contribution < 1.29 is 4.39 Å². The minimum atomic E-state index is -0.0960. The molecule has 2 aromatic rings. The van der Waals surface area contributed by atoms with Gasteiger partial charge in [0.15, 0.2) is 0 Å². The fourth-order valence-corrected chi connectivity index (χ4v) is 2.07. The first-order chi connectivity index (χ1) is 7.25. The van der Waals surface area contributed by atoms with Gasteiger partial charge in [-0.2, -0.15) is 0 Å². The van der Waals surface area contributed by atoms with Gasteiger partial charge in [-0.05, 0) is 49.4 Å². The Labute approximate surface area is 88.0 Å². The lowest BCUT2D eigenvalue weighted by molar-refractivity contribution is 0.613. The molecule has 76 valence electrons. The number of pyridine rings is 1. The SMILES string of the molecule is Cc1cnc2c(C3CC3)c(F)ccc2c1. The van der Waals surface area contributed by atoms with E-state index in [0.29, 0.717) is 5.92 Å². The Morgan fingerprint density at radius 2 is 2.13 bits per heavy atom. The van der Waals surface area contributed by atoms with E-state index in [0.717, 1.165) is 34.9 Å². The highest BCUT2D eigenvalue weighted by Crippen LogP contribution is 2.43. The summed E-state index contributed by atoms with van der Waals surface area (Å²) in [6, 6.07) is 5.45. The molecule has 0 N–H and O–H groups in total. The molecule has 0 spiro atoms. The van der Waals surface area contributed by atoms with Crippen molar-refractivity contribution in [2.75, 3.05) is 0 Å². The summed E-state index contributed by atoms with van der Waals surface area (Å²) in [5.74, 6) is 0.310. The number of rotatable bonds is 1. The van der Waals surface area contributed by atoms with Gasteiger partial charge in [0.05, 0.1) is 5.52 Å². The van der Waals surface area contributed by atoms with E-state index in [1.165, 1.54) is 0 Å². The lowest BCUT2D eigenvalue weighted by Crippen LogP contribution is -1.92. The first kappa shape index (κ1) is 8.84. The van der Waals surface area contributed by atoms with Crippen LogP contribution >= 0.6 is 0 Å². The van der Waals surface area contributed by atoms with Crippen molar-refractivity contribution in [3.63, 3.8) is 0 Å². The van der Waals surface area contributed by atoms with Crippen LogP contribution in [0.25, 0.3) is 10.9 Å². The average Bonchev–Trinajstić information content (AvgIpc) is 3.02. The predicted molar refractivity (Wildman–Crippen MR) is 58.4 cm³/mol. The van der Waals surface area contributed by atoms with E-state index in [-0.39, 0.29) is 5.82 Å². The molecule has 0 bridgehead atoms. The van der Waals surface area contributed by atoms with Gasteiger partial charge in [-0.15, -0.1) is 0 Å². The maximum Gasteiger partial charge on any atom is 0.128 e. The van der Waals surface area contributed by atoms with E-state index < -0.39 is 0 Å². The molecule has 0 unspecified atom stereocenters. The molecule has 1 fully saturated rings. The van der Waals surface area contributed by atoms with Crippen molar-refractivity contribution >= 4 is 10.9 Å². The number of aryl methyl sites for hydroxylation is 1. The van der Waals surface area contributed by atoms with Crippen molar-refractivity contribution in [3.8, 4) is 0 Å². The monoisotopic (exact) mass is 201 g/mol. The fraction of sp³-hybridized carbons (Fsp3) is 0.308. The predicted octanol–water partition coefficient (Wildman–Crippen LogP) is 3.56. The highest BCUT2D eigenvalue weighted by molar-refractivity contribution is 5.83. The molecule has 1 heterocycles. The molecule has 0 amide bonds. The molecule has 1 aromatic carbocycles. The summed E-state index contributed by atoms with van der Waals surface area (Å²) in [6.07, 6.45) is 4.02. The Hall–Kier alpha value is -1.44. The second-order valence-electron chi connectivity index (χ2n) is 4.32. The molecule has 2 heteroatoms. The van der Waals surface area contributed by atoms with Gasteiger partial charge in [0, 0.05) is 17.1 Å². The van der Waals surface area contributed by atoms with Crippen LogP contribution in [0.3, 0.4) is 0 Å². The molecule has 0 aliphatic heterocycles. The quantitative estimate of drug-likeness (QED) is 0.687. The molecule has 0 radical (unpaired) electrons. The van der Waals surface area contributed by atoms with Gasteiger partial charge in [-0.1, -0.05) is 0 Å². The van der Waals surface area contributed by atoms with Gasteiger partial charge in [0.25, 0.3) is 0 Å². The lowest BCUT2D eigenvalue weighted by Gasteiger charge is -2.06. The summed E-state index contributed by atoms with van der Waals surface area (Å²) in [6.45, 7) is 2.01. The van der Waals surface area contributed by atoms with E-state index in [2.05, 4.69) is 11.1 Å². The summed E-state index contributed by atoms with van der Waals surface area (Å²) in [5, 5.41) is 1.05. The van der Waals surface area contributed by atoms with Crippen LogP contribution in [0.15, 0.2) is 24.4 Å². The van der Waals surface area contributed by atoms with Crippen LogP contribution in [0.5, 0.6) is 0 Å². The largest absolute Gasteiger partial charge is 0.256 e. The molecule has 0 atom stereocenters. The van der Waals surface area contributed by atoms with Crippen molar-refractivity contribution in [1.82, 2.24) is 4.98 Å². The van der Waals surface area contributed by atoms with Crippen molar-refractivity contribution in [2.45, 2.75) is 25.7 Å². The van der Waals surface area contributed by atoms with Crippen molar-refractivity contribution in [2.24, 2.45) is 0 Å². The number of hydrogen-bond acceptors (Lipinski definition) is 1. The summed E-state index contributed by atoms with van der Waals surface area (Å²) in [4.78, 5) is 4.36. The lowest BCUT2D eigenvalue weighted by atomic mass is 10.0. The molecule has 1 aliphatic rings. The van der Waals surface area contributed by atoms with Crippen LogP contribution in [-0.4, -0.2) is 4.98 Å². The van der Waals surface area contributed by atoms with E-state index in [4.69, 9.17) is 0 Å². The molecule has 1 aromatic heterocycles. The summed E-state index contributed by atoms with van der Waals surface area (Å²) >= 11 is 0. The van der Waals surface area contributed by atoms with Crippen molar-refractivity contribution in [3.05, 3.63) is 41.3 Å². The Balaban J connectivity index is 2.34. The van der Waals surface area contributed by atoms with Gasteiger partial charge in [-0.3, -0.25) is 4.98 Å². The third kappa shape index (κ3) is 1.41. The molecule has 1 nitrogen and oxygen atoms in total. The smallest absolute Gasteiger partial charge is 0.128 e. The Kier molecular flexibility index (Phi) is 1.78. The number of fused-ring (bicyclic) bond motifs is 1. The van der Waals surface area contributed by atoms with Gasteiger partial charge >= 0.3 is 0 Å². The van der Waals surface area contributed by atoms with Crippen LogP contribution in [0.1, 0.15) is 29.9 Å². The zero-order valence-corrected chi connectivity index (χ0v) is 8.63. The van der Waals surface area contributed by atoms with Crippen LogP contribution in [0, 0.1) is 12.7 Å². The summed E-state index contributed by atoms with van der Waals surface area (Å²) in [5.41, 5.74) is 2.80. The van der Waals surface area contributed by atoms with Crippen LogP contribution in [0.2, 0.25) is 0 Å². The Bertz CT molecular complexity index is 529. The Morgan fingerprint density at radius 1 is 1.33 bits per heavy atom. The molecule has 15 heavy (non-hydrogen) atoms. The van der Waals surface area contributed by atoms with Crippen LogP contribution in [-0.2, 0) is 0 Å². The molecular formula is C13H12FN. The maximum atomic E-state index is 13.7. The summed E-state index contributed by atoms with van der Waals surface area (Å²) in [7, 11) is 0. The third-order valence-electron chi connectivity index (χ3n) is 2.96. The van der Waals surface area contributed by atoms with E-state index in [1.807, 2.05) is 19.2 Å². The highest BCUT2D eigenvalue weighted by Gasteiger charge is 2.28. The van der Waals surface area contributed by atoms with Gasteiger partial charge in [-0.25, -0.2) is 4.39 Å². The van der Waals surface area contributed by atoms with E-state index in [9.17, 15) is 4.39 Å². The van der Waals surface area contributed by atoms with Gasteiger partial charge in [0.1, 0.15) is 5.82 Å². The van der Waals surface area contributed by atoms with Gasteiger partial charge in [0.2, 0.25) is 0 Å². The first-order valence-corrected chi connectivity index (χ1v) is 5.30. The number of nitrogens with zero attached hydrogens (tertiary/aromatic N) is 1. The Morgan fingerprint density at radius 3 is 2.87 bits per heavy atom. The van der Waals surface area contributed by atoms with Crippen molar-refractivity contribution in [1.29, 1.82) is 0 Å². The molecule has 1 aliphatic carbocycles. The van der Waals surface area contributed by atoms with E-state index in [1.54, 1.807) is 6.07 Å². The summed E-state index contributed by atoms with van der Waals surface area (Å²) < 4.78 is 13.7. The molecule has 1 saturated carbocycles. The topological polar surface area (TPSA) is 12.9 Å². The van der Waals surface area contributed by atoms with Gasteiger partial charge < -0.3 is 0 Å². The zero-order chi connectivity index (χ0) is 10.4. The highest BCUT2D eigenvalue weighted by atomic mass is 19.1. The normalized spacial score (nSPS) is 15.9. The number of hydrogen-bond donors (Lipinski definition) is 0. The standard InChI is InChI=1S/C13H12FN/c1-8-6-10-4-5-11(14)12(9-2-3-9)13(10)15-7-8/h4-7,9H,2-3H2,1H3. The fourth-order valence-electron chi connectivity index (χ4n) is 2.07. The second-order valence-corrected chi connectivity index (χ2v) is 4.32. The van der Waals surface area contributed by atoms with Crippen LogP contribution < -0.4 is 0 Å². The average molecular weight is 201 g/mol. The number of halogens is 1. The second kappa shape index (κ2) is 3.02. The number of benzene rings is 1. The molecule has 0 saturated heterocycles.